The molecule has 2 heterocycles. The maximum absolute atomic E-state index is 5.88. The van der Waals surface area contributed by atoms with Crippen LogP contribution in [0.1, 0.15) is 24.4 Å². The first kappa shape index (κ1) is 15.6. The third-order valence-electron chi connectivity index (χ3n) is 4.29. The van der Waals surface area contributed by atoms with Crippen molar-refractivity contribution in [2.45, 2.75) is 24.9 Å². The predicted octanol–water partition coefficient (Wildman–Crippen LogP) is 1.94. The highest BCUT2D eigenvalue weighted by molar-refractivity contribution is 9.10. The maximum Gasteiger partial charge on any atom is 0.232 e. The van der Waals surface area contributed by atoms with Gasteiger partial charge in [-0.1, -0.05) is 34.1 Å². The molecule has 0 spiro atoms. The lowest BCUT2D eigenvalue weighted by molar-refractivity contribution is 0.465. The van der Waals surface area contributed by atoms with Gasteiger partial charge in [-0.3, -0.25) is 0 Å². The summed E-state index contributed by atoms with van der Waals surface area (Å²) in [6.07, 6.45) is 2.33. The average Bonchev–Trinajstić information content (AvgIpc) is 3.39. The van der Waals surface area contributed by atoms with Crippen molar-refractivity contribution in [3.8, 4) is 0 Å². The molecule has 1 atom stereocenters. The van der Waals surface area contributed by atoms with Gasteiger partial charge in [-0.05, 0) is 24.5 Å². The molecule has 7 nitrogen and oxygen atoms in total. The number of nitrogens with two attached hydrogens (primary N) is 1. The van der Waals surface area contributed by atoms with Gasteiger partial charge in [0.15, 0.2) is 0 Å². The van der Waals surface area contributed by atoms with E-state index in [1.807, 2.05) is 6.07 Å². The van der Waals surface area contributed by atoms with E-state index in [1.54, 1.807) is 0 Å². The zero-order chi connectivity index (χ0) is 16.5. The van der Waals surface area contributed by atoms with Crippen molar-refractivity contribution in [3.05, 3.63) is 34.3 Å². The van der Waals surface area contributed by atoms with Crippen LogP contribution in [0, 0.1) is 0 Å². The van der Waals surface area contributed by atoms with Crippen LogP contribution in [0.2, 0.25) is 0 Å². The van der Waals surface area contributed by atoms with E-state index in [-0.39, 0.29) is 12.0 Å². The van der Waals surface area contributed by atoms with Gasteiger partial charge in [0.1, 0.15) is 0 Å². The molecule has 1 aliphatic carbocycles. The van der Waals surface area contributed by atoms with Crippen LogP contribution in [-0.4, -0.2) is 40.6 Å². The number of anilines is 3. The van der Waals surface area contributed by atoms with E-state index in [2.05, 4.69) is 64.6 Å². The Balaban J connectivity index is 1.55. The van der Waals surface area contributed by atoms with E-state index in [0.717, 1.165) is 24.1 Å². The van der Waals surface area contributed by atoms with E-state index < -0.39 is 0 Å². The lowest BCUT2D eigenvalue weighted by Crippen LogP contribution is -2.46. The van der Waals surface area contributed by atoms with Crippen LogP contribution in [-0.2, 0) is 0 Å². The summed E-state index contributed by atoms with van der Waals surface area (Å²) in [6, 6.07) is 8.97. The van der Waals surface area contributed by atoms with Crippen LogP contribution in [0.15, 0.2) is 28.7 Å². The average molecular weight is 390 g/mol. The van der Waals surface area contributed by atoms with Crippen molar-refractivity contribution in [3.63, 3.8) is 0 Å². The molecule has 1 aliphatic heterocycles. The van der Waals surface area contributed by atoms with E-state index in [4.69, 9.17) is 5.73 Å². The molecule has 2 aliphatic rings. The molecule has 1 aromatic carbocycles. The number of hydrogen-bond donors (Lipinski definition) is 3. The van der Waals surface area contributed by atoms with Gasteiger partial charge in [-0.15, -0.1) is 0 Å². The molecule has 1 saturated carbocycles. The Labute approximate surface area is 149 Å². The molecule has 1 aromatic heterocycles. The molecule has 0 unspecified atom stereocenters. The minimum Gasteiger partial charge on any atom is -0.368 e. The standard InChI is InChI=1S/C16H20BrN7/c17-12-4-2-1-3-11(12)13-9-24(8-7-19-13)16-22-14(18)21-15(23-16)20-10-5-6-10/h1-4,10,13,19H,5-9H2,(H3,18,20,21,22,23)/t13-/m1/s1. The van der Waals surface area contributed by atoms with Crippen LogP contribution in [0.5, 0.6) is 0 Å². The number of nitrogens with one attached hydrogen (secondary N) is 2. The fraction of sp³-hybridized carbons (Fsp3) is 0.438. The summed E-state index contributed by atoms with van der Waals surface area (Å²) in [5, 5.41) is 6.85. The minimum atomic E-state index is 0.215. The van der Waals surface area contributed by atoms with Gasteiger partial charge < -0.3 is 21.3 Å². The minimum absolute atomic E-state index is 0.215. The van der Waals surface area contributed by atoms with Crippen LogP contribution in [0.3, 0.4) is 0 Å². The first-order valence-corrected chi connectivity index (χ1v) is 8.99. The first-order valence-electron chi connectivity index (χ1n) is 8.20. The predicted molar refractivity (Wildman–Crippen MR) is 98.0 cm³/mol. The second kappa shape index (κ2) is 6.52. The molecule has 126 valence electrons. The highest BCUT2D eigenvalue weighted by Gasteiger charge is 2.26. The molecular weight excluding hydrogens is 370 g/mol. The van der Waals surface area contributed by atoms with Gasteiger partial charge in [0, 0.05) is 30.1 Å². The highest BCUT2D eigenvalue weighted by atomic mass is 79.9. The number of benzene rings is 1. The van der Waals surface area contributed by atoms with Gasteiger partial charge in [-0.25, -0.2) is 0 Å². The zero-order valence-corrected chi connectivity index (χ0v) is 14.8. The van der Waals surface area contributed by atoms with Crippen molar-refractivity contribution in [2.75, 3.05) is 35.6 Å². The number of aromatic nitrogens is 3. The molecule has 24 heavy (non-hydrogen) atoms. The third-order valence-corrected chi connectivity index (χ3v) is 5.01. The lowest BCUT2D eigenvalue weighted by Gasteiger charge is -2.34. The van der Waals surface area contributed by atoms with E-state index in [1.165, 1.54) is 18.4 Å². The molecule has 2 fully saturated rings. The van der Waals surface area contributed by atoms with Crippen LogP contribution in [0.4, 0.5) is 17.8 Å². The fourth-order valence-corrected chi connectivity index (χ4v) is 3.46. The van der Waals surface area contributed by atoms with Gasteiger partial charge in [-0.2, -0.15) is 15.0 Å². The Kier molecular flexibility index (Phi) is 4.24. The summed E-state index contributed by atoms with van der Waals surface area (Å²) < 4.78 is 1.11. The molecular formula is C16H20BrN7. The molecule has 1 saturated heterocycles. The van der Waals surface area contributed by atoms with E-state index in [9.17, 15) is 0 Å². The number of rotatable bonds is 4. The Morgan fingerprint density at radius 2 is 2.04 bits per heavy atom. The molecule has 4 rings (SSSR count). The quantitative estimate of drug-likeness (QED) is 0.735. The summed E-state index contributed by atoms with van der Waals surface area (Å²) in [4.78, 5) is 15.3. The third kappa shape index (κ3) is 3.44. The Bertz CT molecular complexity index is 734. The maximum atomic E-state index is 5.88. The van der Waals surface area contributed by atoms with Crippen molar-refractivity contribution in [1.82, 2.24) is 20.3 Å². The molecule has 4 N–H and O–H groups in total. The van der Waals surface area contributed by atoms with Crippen LogP contribution >= 0.6 is 15.9 Å². The number of hydrogen-bond acceptors (Lipinski definition) is 7. The number of nitrogens with zero attached hydrogens (tertiary/aromatic N) is 4. The molecule has 0 bridgehead atoms. The fourth-order valence-electron chi connectivity index (χ4n) is 2.89. The topological polar surface area (TPSA) is 92.0 Å². The molecule has 0 amide bonds. The highest BCUT2D eigenvalue weighted by Crippen LogP contribution is 2.27. The Hall–Kier alpha value is -1.93. The SMILES string of the molecule is Nc1nc(NC2CC2)nc(N2CCN[C@@H](c3ccccc3Br)C2)n1. The first-order chi connectivity index (χ1) is 11.7. The van der Waals surface area contributed by atoms with Crippen molar-refractivity contribution >= 4 is 33.8 Å². The van der Waals surface area contributed by atoms with Gasteiger partial charge in [0.05, 0.1) is 6.04 Å². The van der Waals surface area contributed by atoms with Crippen molar-refractivity contribution in [2.24, 2.45) is 0 Å². The summed E-state index contributed by atoms with van der Waals surface area (Å²) in [7, 11) is 0. The largest absolute Gasteiger partial charge is 0.368 e. The second-order valence-corrected chi connectivity index (χ2v) is 7.06. The van der Waals surface area contributed by atoms with Gasteiger partial charge >= 0.3 is 0 Å². The summed E-state index contributed by atoms with van der Waals surface area (Å²) >= 11 is 3.64. The van der Waals surface area contributed by atoms with Gasteiger partial charge in [0.25, 0.3) is 0 Å². The number of piperazine rings is 1. The Morgan fingerprint density at radius 3 is 2.83 bits per heavy atom. The number of halogens is 1. The molecule has 8 heteroatoms. The zero-order valence-electron chi connectivity index (χ0n) is 13.2. The van der Waals surface area contributed by atoms with E-state index in [0.29, 0.717) is 17.9 Å². The summed E-state index contributed by atoms with van der Waals surface area (Å²) in [6.45, 7) is 2.49. The smallest absolute Gasteiger partial charge is 0.232 e. The van der Waals surface area contributed by atoms with E-state index >= 15 is 0 Å². The van der Waals surface area contributed by atoms with Crippen LogP contribution < -0.4 is 21.3 Å². The van der Waals surface area contributed by atoms with Gasteiger partial charge in [0.2, 0.25) is 17.8 Å². The summed E-state index contributed by atoms with van der Waals surface area (Å²) in [5.74, 6) is 1.49. The molecule has 2 aromatic rings. The lowest BCUT2D eigenvalue weighted by atomic mass is 10.0. The number of nitrogen functional groups attached to an aromatic ring is 1. The second-order valence-electron chi connectivity index (χ2n) is 6.21. The summed E-state index contributed by atoms with van der Waals surface area (Å²) in [5.41, 5.74) is 7.12. The van der Waals surface area contributed by atoms with Crippen molar-refractivity contribution < 1.29 is 0 Å². The van der Waals surface area contributed by atoms with Crippen LogP contribution in [0.25, 0.3) is 0 Å². The molecule has 0 radical (unpaired) electrons. The van der Waals surface area contributed by atoms with Crippen molar-refractivity contribution in [1.29, 1.82) is 0 Å². The monoisotopic (exact) mass is 389 g/mol. The Morgan fingerprint density at radius 1 is 1.21 bits per heavy atom. The normalized spacial score (nSPS) is 20.9.